The smallest absolute Gasteiger partial charge is 0.0309 e. The van der Waals surface area contributed by atoms with Gasteiger partial charge >= 0.3 is 0 Å². The van der Waals surface area contributed by atoms with Crippen LogP contribution in [0.15, 0.2) is 0 Å². The Labute approximate surface area is 119 Å². The van der Waals surface area contributed by atoms with Crippen LogP contribution in [0, 0.1) is 10.8 Å². The van der Waals surface area contributed by atoms with E-state index >= 15 is 0 Å². The van der Waals surface area contributed by atoms with Crippen molar-refractivity contribution in [3.63, 3.8) is 0 Å². The molecule has 3 rings (SSSR count). The third kappa shape index (κ3) is 1.98. The van der Waals surface area contributed by atoms with Crippen LogP contribution in [0.5, 0.6) is 0 Å². The molecule has 0 radical (unpaired) electrons. The Morgan fingerprint density at radius 1 is 0.947 bits per heavy atom. The predicted octanol–water partition coefficient (Wildman–Crippen LogP) is 3.42. The van der Waals surface area contributed by atoms with Crippen molar-refractivity contribution in [3.8, 4) is 0 Å². The molecule has 1 unspecified atom stereocenters. The van der Waals surface area contributed by atoms with Crippen LogP contribution in [0.25, 0.3) is 0 Å². The minimum Gasteiger partial charge on any atom is -0.308 e. The van der Waals surface area contributed by atoms with Gasteiger partial charge in [-0.15, -0.1) is 0 Å². The van der Waals surface area contributed by atoms with Crippen LogP contribution in [-0.2, 0) is 0 Å². The average molecular weight is 264 g/mol. The van der Waals surface area contributed by atoms with E-state index in [2.05, 4.69) is 44.8 Å². The van der Waals surface area contributed by atoms with Gasteiger partial charge in [-0.3, -0.25) is 4.90 Å². The fourth-order valence-corrected chi connectivity index (χ4v) is 4.94. The molecule has 2 heteroatoms. The van der Waals surface area contributed by atoms with Crippen molar-refractivity contribution in [1.29, 1.82) is 0 Å². The third-order valence-electron chi connectivity index (χ3n) is 6.91. The van der Waals surface area contributed by atoms with E-state index in [0.717, 1.165) is 6.04 Å². The van der Waals surface area contributed by atoms with E-state index in [1.807, 2.05) is 0 Å². The summed E-state index contributed by atoms with van der Waals surface area (Å²) in [6, 6.07) is 1.47. The molecule has 110 valence electrons. The van der Waals surface area contributed by atoms with Gasteiger partial charge in [-0.25, -0.2) is 0 Å². The topological polar surface area (TPSA) is 15.3 Å². The average Bonchev–Trinajstić information content (AvgIpc) is 2.75. The van der Waals surface area contributed by atoms with Crippen LogP contribution in [0.3, 0.4) is 0 Å². The first-order valence-electron chi connectivity index (χ1n) is 8.31. The zero-order chi connectivity index (χ0) is 13.9. The second-order valence-electron chi connectivity index (χ2n) is 8.59. The lowest BCUT2D eigenvalue weighted by Gasteiger charge is -2.50. The molecule has 0 bridgehead atoms. The Bertz CT molecular complexity index is 338. The van der Waals surface area contributed by atoms with Crippen molar-refractivity contribution >= 4 is 0 Å². The van der Waals surface area contributed by atoms with Crippen LogP contribution >= 0.6 is 0 Å². The second kappa shape index (κ2) is 4.21. The Hall–Kier alpha value is -0.0800. The van der Waals surface area contributed by atoms with Crippen LogP contribution < -0.4 is 5.32 Å². The number of hydrogen-bond acceptors (Lipinski definition) is 2. The highest BCUT2D eigenvalue weighted by Gasteiger charge is 2.68. The lowest BCUT2D eigenvalue weighted by atomic mass is 9.79. The van der Waals surface area contributed by atoms with Crippen molar-refractivity contribution in [2.45, 2.75) is 84.3 Å². The predicted molar refractivity (Wildman–Crippen MR) is 81.3 cm³/mol. The lowest BCUT2D eigenvalue weighted by molar-refractivity contribution is 0.0440. The van der Waals surface area contributed by atoms with Gasteiger partial charge in [0.15, 0.2) is 0 Å². The number of nitrogens with one attached hydrogen (secondary N) is 1. The van der Waals surface area contributed by atoms with Gasteiger partial charge in [0.1, 0.15) is 0 Å². The van der Waals surface area contributed by atoms with Crippen LogP contribution in [-0.4, -0.2) is 35.6 Å². The molecule has 2 nitrogen and oxygen atoms in total. The molecule has 1 atom stereocenters. The Balaban J connectivity index is 1.77. The molecule has 0 aromatic carbocycles. The quantitative estimate of drug-likeness (QED) is 0.781. The largest absolute Gasteiger partial charge is 0.308 e. The SMILES string of the molecule is CC1CNC2(CCCCC2)CN1C1C(C)(C)C1(C)C. The van der Waals surface area contributed by atoms with Crippen molar-refractivity contribution < 1.29 is 0 Å². The molecule has 0 aromatic heterocycles. The summed E-state index contributed by atoms with van der Waals surface area (Å²) < 4.78 is 0. The zero-order valence-electron chi connectivity index (χ0n) is 13.6. The van der Waals surface area contributed by atoms with Gasteiger partial charge in [-0.1, -0.05) is 47.0 Å². The minimum atomic E-state index is 0.444. The summed E-state index contributed by atoms with van der Waals surface area (Å²) in [6.07, 6.45) is 7.08. The summed E-state index contributed by atoms with van der Waals surface area (Å²) in [5, 5.41) is 3.91. The molecule has 1 saturated heterocycles. The van der Waals surface area contributed by atoms with E-state index < -0.39 is 0 Å². The molecule has 19 heavy (non-hydrogen) atoms. The second-order valence-corrected chi connectivity index (χ2v) is 8.59. The standard InChI is InChI=1S/C17H32N2/c1-13-11-18-17(9-7-6-8-10-17)12-19(13)14-15(2,3)16(14,4)5/h13-14,18H,6-12H2,1-5H3. The summed E-state index contributed by atoms with van der Waals surface area (Å²) in [4.78, 5) is 2.85. The summed E-state index contributed by atoms with van der Waals surface area (Å²) in [5.41, 5.74) is 1.41. The maximum Gasteiger partial charge on any atom is 0.0309 e. The molecule has 1 spiro atoms. The molecule has 3 fully saturated rings. The van der Waals surface area contributed by atoms with Crippen molar-refractivity contribution in [3.05, 3.63) is 0 Å². The first kappa shape index (κ1) is 13.9. The highest BCUT2D eigenvalue weighted by Crippen LogP contribution is 2.66. The fourth-order valence-electron chi connectivity index (χ4n) is 4.94. The maximum absolute atomic E-state index is 3.91. The fraction of sp³-hybridized carbons (Fsp3) is 1.00. The van der Waals surface area contributed by atoms with Gasteiger partial charge in [0.25, 0.3) is 0 Å². The van der Waals surface area contributed by atoms with Gasteiger partial charge < -0.3 is 5.32 Å². The third-order valence-corrected chi connectivity index (χ3v) is 6.91. The Morgan fingerprint density at radius 2 is 1.53 bits per heavy atom. The van der Waals surface area contributed by atoms with Gasteiger partial charge in [0.05, 0.1) is 0 Å². The van der Waals surface area contributed by atoms with E-state index in [-0.39, 0.29) is 0 Å². The highest BCUT2D eigenvalue weighted by molar-refractivity contribution is 5.20. The van der Waals surface area contributed by atoms with Crippen LogP contribution in [0.2, 0.25) is 0 Å². The molecule has 1 N–H and O–H groups in total. The first-order chi connectivity index (χ1) is 8.80. The van der Waals surface area contributed by atoms with Gasteiger partial charge in [0, 0.05) is 30.7 Å². The molecule has 0 amide bonds. The number of hydrogen-bond donors (Lipinski definition) is 1. The highest BCUT2D eigenvalue weighted by atomic mass is 15.3. The molecule has 1 heterocycles. The molecular weight excluding hydrogens is 232 g/mol. The van der Waals surface area contributed by atoms with E-state index in [4.69, 9.17) is 0 Å². The Morgan fingerprint density at radius 3 is 2.05 bits per heavy atom. The van der Waals surface area contributed by atoms with E-state index in [9.17, 15) is 0 Å². The Kier molecular flexibility index (Phi) is 3.07. The number of rotatable bonds is 1. The summed E-state index contributed by atoms with van der Waals surface area (Å²) in [6.45, 7) is 14.7. The molecule has 3 aliphatic rings. The first-order valence-corrected chi connectivity index (χ1v) is 8.31. The van der Waals surface area contributed by atoms with E-state index in [1.165, 1.54) is 45.2 Å². The molecular formula is C17H32N2. The van der Waals surface area contributed by atoms with Crippen molar-refractivity contribution in [1.82, 2.24) is 10.2 Å². The zero-order valence-corrected chi connectivity index (χ0v) is 13.6. The normalized spacial score (nSPS) is 37.4. The van der Waals surface area contributed by atoms with Gasteiger partial charge in [-0.2, -0.15) is 0 Å². The summed E-state index contributed by atoms with van der Waals surface area (Å²) in [5.74, 6) is 0. The minimum absolute atomic E-state index is 0.444. The van der Waals surface area contributed by atoms with Crippen molar-refractivity contribution in [2.75, 3.05) is 13.1 Å². The maximum atomic E-state index is 3.91. The summed E-state index contributed by atoms with van der Waals surface area (Å²) >= 11 is 0. The lowest BCUT2D eigenvalue weighted by Crippen LogP contribution is -2.65. The van der Waals surface area contributed by atoms with Crippen molar-refractivity contribution in [2.24, 2.45) is 10.8 Å². The van der Waals surface area contributed by atoms with Crippen LogP contribution in [0.1, 0.15) is 66.7 Å². The van der Waals surface area contributed by atoms with Gasteiger partial charge in [0.2, 0.25) is 0 Å². The summed E-state index contributed by atoms with van der Waals surface area (Å²) in [7, 11) is 0. The molecule has 2 saturated carbocycles. The van der Waals surface area contributed by atoms with E-state index in [1.54, 1.807) is 0 Å². The monoisotopic (exact) mass is 264 g/mol. The molecule has 1 aliphatic heterocycles. The van der Waals surface area contributed by atoms with E-state index in [0.29, 0.717) is 22.4 Å². The molecule has 0 aromatic rings. The van der Waals surface area contributed by atoms with Gasteiger partial charge in [-0.05, 0) is 30.6 Å². The number of piperazine rings is 1. The van der Waals surface area contributed by atoms with Crippen LogP contribution in [0.4, 0.5) is 0 Å². The molecule has 2 aliphatic carbocycles. The number of nitrogens with zero attached hydrogens (tertiary/aromatic N) is 1.